The Morgan fingerprint density at radius 3 is 2.86 bits per heavy atom. The maximum absolute atomic E-state index is 11.7. The molecule has 0 aromatic heterocycles. The van der Waals surface area contributed by atoms with Crippen LogP contribution in [0.2, 0.25) is 0 Å². The van der Waals surface area contributed by atoms with E-state index in [1.165, 1.54) is 11.8 Å². The molecule has 4 heteroatoms. The molecule has 0 fully saturated rings. The van der Waals surface area contributed by atoms with Crippen LogP contribution in [0.1, 0.15) is 10.4 Å². The number of carbonyl (C=O) groups is 1. The molecule has 0 aliphatic heterocycles. The van der Waals surface area contributed by atoms with Crippen LogP contribution in [0.3, 0.4) is 0 Å². The normalized spacial score (nSPS) is 9.93. The van der Waals surface area contributed by atoms with Crippen LogP contribution in [0.25, 0.3) is 0 Å². The van der Waals surface area contributed by atoms with Gasteiger partial charge in [-0.2, -0.15) is 11.8 Å². The number of carbonyl (C=O) groups excluding carboxylic acids is 1. The summed E-state index contributed by atoms with van der Waals surface area (Å²) < 4.78 is 6.01. The average Bonchev–Trinajstić information content (AvgIpc) is 2.18. The van der Waals surface area contributed by atoms with E-state index < -0.39 is 0 Å². The van der Waals surface area contributed by atoms with Crippen molar-refractivity contribution in [2.45, 2.75) is 0 Å². The van der Waals surface area contributed by atoms with Crippen molar-refractivity contribution in [2.24, 2.45) is 0 Å². The summed E-state index contributed by atoms with van der Waals surface area (Å²) in [6, 6.07) is 5.43. The highest BCUT2D eigenvalue weighted by atomic mass is 79.9. The van der Waals surface area contributed by atoms with Gasteiger partial charge >= 0.3 is 0 Å². The van der Waals surface area contributed by atoms with Crippen LogP contribution in [0, 0.1) is 0 Å². The van der Waals surface area contributed by atoms with Gasteiger partial charge in [0, 0.05) is 4.47 Å². The Balaban J connectivity index is 3.03. The molecule has 0 spiro atoms. The van der Waals surface area contributed by atoms with E-state index in [2.05, 4.69) is 15.9 Å². The summed E-state index contributed by atoms with van der Waals surface area (Å²) in [6.45, 7) is 0. The van der Waals surface area contributed by atoms with Gasteiger partial charge in [-0.25, -0.2) is 0 Å². The van der Waals surface area contributed by atoms with Gasteiger partial charge in [0.25, 0.3) is 0 Å². The summed E-state index contributed by atoms with van der Waals surface area (Å²) in [5.74, 6) is 1.20. The molecule has 0 amide bonds. The number of hydrogen-bond donors (Lipinski definition) is 0. The van der Waals surface area contributed by atoms with Gasteiger partial charge in [-0.05, 0) is 24.5 Å². The number of thioether (sulfide) groups is 1. The predicted molar refractivity (Wildman–Crippen MR) is 63.4 cm³/mol. The van der Waals surface area contributed by atoms with Gasteiger partial charge in [-0.15, -0.1) is 0 Å². The van der Waals surface area contributed by atoms with Crippen molar-refractivity contribution in [3.05, 3.63) is 28.2 Å². The third-order valence-electron chi connectivity index (χ3n) is 1.74. The van der Waals surface area contributed by atoms with Gasteiger partial charge in [0.05, 0.1) is 18.4 Å². The van der Waals surface area contributed by atoms with Gasteiger partial charge in [0.2, 0.25) is 0 Å². The van der Waals surface area contributed by atoms with Crippen molar-refractivity contribution in [3.8, 4) is 5.75 Å². The zero-order valence-corrected chi connectivity index (χ0v) is 10.4. The van der Waals surface area contributed by atoms with Crippen LogP contribution in [-0.2, 0) is 0 Å². The molecule has 0 N–H and O–H groups in total. The van der Waals surface area contributed by atoms with Crippen LogP contribution in [0.15, 0.2) is 22.7 Å². The van der Waals surface area contributed by atoms with Crippen LogP contribution in [-0.4, -0.2) is 24.9 Å². The summed E-state index contributed by atoms with van der Waals surface area (Å²) in [4.78, 5) is 11.7. The topological polar surface area (TPSA) is 26.3 Å². The summed E-state index contributed by atoms with van der Waals surface area (Å²) in [6.07, 6.45) is 1.91. The zero-order chi connectivity index (χ0) is 10.6. The molecule has 0 unspecified atom stereocenters. The number of Topliss-reactive ketones (excluding diaryl/α,β-unsaturated/α-hetero) is 1. The van der Waals surface area contributed by atoms with Crippen molar-refractivity contribution in [3.63, 3.8) is 0 Å². The van der Waals surface area contributed by atoms with Crippen molar-refractivity contribution in [1.29, 1.82) is 0 Å². The fourth-order valence-electron chi connectivity index (χ4n) is 1.11. The maximum Gasteiger partial charge on any atom is 0.176 e. The third kappa shape index (κ3) is 2.75. The largest absolute Gasteiger partial charge is 0.496 e. The molecule has 2 nitrogen and oxygen atoms in total. The number of ketones is 1. The fourth-order valence-corrected chi connectivity index (χ4v) is 1.89. The number of hydrogen-bond acceptors (Lipinski definition) is 3. The second kappa shape index (κ2) is 5.41. The predicted octanol–water partition coefficient (Wildman–Crippen LogP) is 3.00. The molecule has 0 radical (unpaired) electrons. The number of halogens is 1. The van der Waals surface area contributed by atoms with E-state index in [4.69, 9.17) is 4.74 Å². The lowest BCUT2D eigenvalue weighted by Gasteiger charge is -2.06. The SMILES string of the molecule is COc1ccc(Br)cc1C(=O)CSC. The number of methoxy groups -OCH3 is 1. The first-order valence-electron chi connectivity index (χ1n) is 4.04. The van der Waals surface area contributed by atoms with E-state index in [0.717, 1.165) is 4.47 Å². The zero-order valence-electron chi connectivity index (χ0n) is 8.04. The van der Waals surface area contributed by atoms with Gasteiger partial charge in [0.15, 0.2) is 5.78 Å². The molecule has 0 aliphatic rings. The monoisotopic (exact) mass is 274 g/mol. The van der Waals surface area contributed by atoms with E-state index in [0.29, 0.717) is 17.1 Å². The van der Waals surface area contributed by atoms with E-state index >= 15 is 0 Å². The molecule has 0 aliphatic carbocycles. The summed E-state index contributed by atoms with van der Waals surface area (Å²) in [5.41, 5.74) is 0.635. The highest BCUT2D eigenvalue weighted by Gasteiger charge is 2.11. The minimum Gasteiger partial charge on any atom is -0.496 e. The van der Waals surface area contributed by atoms with E-state index in [9.17, 15) is 4.79 Å². The minimum absolute atomic E-state index is 0.0932. The van der Waals surface area contributed by atoms with Crippen LogP contribution < -0.4 is 4.74 Å². The molecule has 0 atom stereocenters. The molecule has 1 aromatic carbocycles. The second-order valence-corrected chi connectivity index (χ2v) is 4.48. The van der Waals surface area contributed by atoms with E-state index in [-0.39, 0.29) is 5.78 Å². The maximum atomic E-state index is 11.7. The average molecular weight is 275 g/mol. The molecule has 1 rings (SSSR count). The van der Waals surface area contributed by atoms with Gasteiger partial charge < -0.3 is 4.74 Å². The van der Waals surface area contributed by atoms with Gasteiger partial charge in [0.1, 0.15) is 5.75 Å². The van der Waals surface area contributed by atoms with E-state index in [1.54, 1.807) is 19.2 Å². The minimum atomic E-state index is 0.0932. The molecular weight excluding hydrogens is 264 g/mol. The Morgan fingerprint density at radius 2 is 2.29 bits per heavy atom. The Morgan fingerprint density at radius 1 is 1.57 bits per heavy atom. The van der Waals surface area contributed by atoms with Gasteiger partial charge in [-0.1, -0.05) is 15.9 Å². The molecule has 76 valence electrons. The first kappa shape index (κ1) is 11.6. The Bertz CT molecular complexity index is 339. The van der Waals surface area contributed by atoms with Crippen molar-refractivity contribution < 1.29 is 9.53 Å². The van der Waals surface area contributed by atoms with E-state index in [1.807, 2.05) is 12.3 Å². The Hall–Kier alpha value is -0.480. The quantitative estimate of drug-likeness (QED) is 0.790. The van der Waals surface area contributed by atoms with Crippen molar-refractivity contribution >= 4 is 33.5 Å². The smallest absolute Gasteiger partial charge is 0.176 e. The summed E-state index contributed by atoms with van der Waals surface area (Å²) >= 11 is 4.84. The first-order chi connectivity index (χ1) is 6.69. The highest BCUT2D eigenvalue weighted by molar-refractivity contribution is 9.10. The lowest BCUT2D eigenvalue weighted by Crippen LogP contribution is -2.04. The van der Waals surface area contributed by atoms with Gasteiger partial charge in [-0.3, -0.25) is 4.79 Å². The molecular formula is C10H11BrO2S. The van der Waals surface area contributed by atoms with Crippen molar-refractivity contribution in [2.75, 3.05) is 19.1 Å². The Labute approximate surface area is 96.2 Å². The fraction of sp³-hybridized carbons (Fsp3) is 0.300. The van der Waals surface area contributed by atoms with Crippen LogP contribution >= 0.6 is 27.7 Å². The summed E-state index contributed by atoms with van der Waals surface area (Å²) in [7, 11) is 1.57. The molecule has 0 heterocycles. The first-order valence-corrected chi connectivity index (χ1v) is 6.23. The van der Waals surface area contributed by atoms with Crippen LogP contribution in [0.5, 0.6) is 5.75 Å². The number of benzene rings is 1. The third-order valence-corrected chi connectivity index (χ3v) is 2.78. The molecule has 1 aromatic rings. The lowest BCUT2D eigenvalue weighted by molar-refractivity contribution is 0.101. The highest BCUT2D eigenvalue weighted by Crippen LogP contribution is 2.24. The molecule has 0 saturated heterocycles. The van der Waals surface area contributed by atoms with Crippen LogP contribution in [0.4, 0.5) is 0 Å². The van der Waals surface area contributed by atoms with Crippen molar-refractivity contribution in [1.82, 2.24) is 0 Å². The number of rotatable bonds is 4. The molecule has 14 heavy (non-hydrogen) atoms. The molecule has 0 saturated carbocycles. The second-order valence-electron chi connectivity index (χ2n) is 2.70. The molecule has 0 bridgehead atoms. The number of ether oxygens (including phenoxy) is 1. The summed E-state index contributed by atoms with van der Waals surface area (Å²) in [5, 5.41) is 0. The standard InChI is InChI=1S/C10H11BrO2S/c1-13-10-4-3-7(11)5-8(10)9(12)6-14-2/h3-5H,6H2,1-2H3. The lowest BCUT2D eigenvalue weighted by atomic mass is 10.1. The Kier molecular flexibility index (Phi) is 4.48.